The Bertz CT molecular complexity index is 1610. The molecule has 42 heavy (non-hydrogen) atoms. The average molecular weight is 701 g/mol. The van der Waals surface area contributed by atoms with E-state index >= 15 is 0 Å². The zero-order valence-electron chi connectivity index (χ0n) is 24.1. The van der Waals surface area contributed by atoms with Gasteiger partial charge in [0.15, 0.2) is 5.65 Å². The number of pyridine rings is 1. The molecule has 1 amide bonds. The molecule has 0 unspecified atom stereocenters. The van der Waals surface area contributed by atoms with E-state index in [2.05, 4.69) is 48.7 Å². The number of carbonyl (C=O) groups is 2. The first-order chi connectivity index (χ1) is 20.1. The van der Waals surface area contributed by atoms with E-state index in [1.165, 1.54) is 7.11 Å². The fourth-order valence-electron chi connectivity index (χ4n) is 4.90. The first kappa shape index (κ1) is 30.2. The number of hydrogen-bond donors (Lipinski definition) is 1. The number of rotatable bonds is 8. The van der Waals surface area contributed by atoms with Crippen molar-refractivity contribution in [2.75, 3.05) is 27.3 Å². The van der Waals surface area contributed by atoms with Gasteiger partial charge in [-0.25, -0.2) is 14.6 Å². The molecule has 5 rings (SSSR count). The predicted molar refractivity (Wildman–Crippen MR) is 174 cm³/mol. The largest absolute Gasteiger partial charge is 0.496 e. The summed E-state index contributed by atoms with van der Waals surface area (Å²) in [5.74, 6) is 0.396. The van der Waals surface area contributed by atoms with Crippen LogP contribution in [0.3, 0.4) is 0 Å². The lowest BCUT2D eigenvalue weighted by atomic mass is 10.0. The van der Waals surface area contributed by atoms with Gasteiger partial charge in [-0.05, 0) is 73.9 Å². The predicted octanol–water partition coefficient (Wildman–Crippen LogP) is 6.72. The number of benzene rings is 2. The molecule has 0 bridgehead atoms. The van der Waals surface area contributed by atoms with Gasteiger partial charge >= 0.3 is 12.1 Å². The molecule has 1 fully saturated rings. The Kier molecular flexibility index (Phi) is 9.00. The van der Waals surface area contributed by atoms with E-state index in [9.17, 15) is 9.59 Å². The Morgan fingerprint density at radius 1 is 1.05 bits per heavy atom. The lowest BCUT2D eigenvalue weighted by Gasteiger charge is -2.40. The van der Waals surface area contributed by atoms with E-state index in [-0.39, 0.29) is 18.1 Å². The smallest absolute Gasteiger partial charge is 0.410 e. The second kappa shape index (κ2) is 12.5. The summed E-state index contributed by atoms with van der Waals surface area (Å²) >= 11 is 2.27. The van der Waals surface area contributed by atoms with Gasteiger partial charge in [-0.1, -0.05) is 18.2 Å². The van der Waals surface area contributed by atoms with Crippen molar-refractivity contribution in [1.82, 2.24) is 19.2 Å². The van der Waals surface area contributed by atoms with E-state index in [0.717, 1.165) is 44.7 Å². The van der Waals surface area contributed by atoms with Crippen molar-refractivity contribution in [2.24, 2.45) is 0 Å². The molecule has 2 aromatic heterocycles. The Morgan fingerprint density at radius 3 is 2.43 bits per heavy atom. The number of carbonyl (C=O) groups excluding carboxylic acids is 2. The molecule has 1 aliphatic heterocycles. The third-order valence-electron chi connectivity index (χ3n) is 7.02. The number of nitrogens with one attached hydrogen (secondary N) is 1. The second-order valence-electron chi connectivity index (χ2n) is 11.1. The van der Waals surface area contributed by atoms with Crippen LogP contribution < -0.4 is 10.1 Å². The van der Waals surface area contributed by atoms with E-state index in [1.54, 1.807) is 39.5 Å². The number of halogens is 1. The summed E-state index contributed by atoms with van der Waals surface area (Å²) in [6.45, 7) is 7.51. The highest BCUT2D eigenvalue weighted by molar-refractivity contribution is 14.2. The second-order valence-corrected chi connectivity index (χ2v) is 12.7. The van der Waals surface area contributed by atoms with Gasteiger partial charge in [0.25, 0.3) is 0 Å². The number of ether oxygens (including phenoxy) is 3. The van der Waals surface area contributed by atoms with Gasteiger partial charge in [-0.2, -0.15) is 0 Å². The highest BCUT2D eigenvalue weighted by Gasteiger charge is 2.33. The summed E-state index contributed by atoms with van der Waals surface area (Å²) in [6.07, 6.45) is 1.53. The van der Waals surface area contributed by atoms with Gasteiger partial charge in [-0.3, -0.25) is 3.97 Å². The molecule has 0 aliphatic carbocycles. The molecule has 3 heterocycles. The quantitative estimate of drug-likeness (QED) is 0.160. The third-order valence-corrected chi connectivity index (χ3v) is 8.70. The molecule has 11 heteroatoms. The number of likely N-dealkylation sites (tertiary alicyclic amines) is 1. The maximum Gasteiger partial charge on any atom is 0.410 e. The summed E-state index contributed by atoms with van der Waals surface area (Å²) < 4.78 is 18.2. The minimum absolute atomic E-state index is 0.205. The SMILES string of the molecule is COC(=O)c1ccc(-c2ccnc3c2cc(-c2cc(CNC4CN(C(=O)OC(C)(C)C)C4)ccc2OC)n3SI)cc1. The molecule has 1 aliphatic rings. The van der Waals surface area contributed by atoms with Crippen molar-refractivity contribution >= 4 is 53.4 Å². The van der Waals surface area contributed by atoms with Crippen LogP contribution in [0, 0.1) is 0 Å². The van der Waals surface area contributed by atoms with Crippen molar-refractivity contribution in [1.29, 1.82) is 0 Å². The Labute approximate surface area is 261 Å². The van der Waals surface area contributed by atoms with Crippen molar-refractivity contribution in [2.45, 2.75) is 39.0 Å². The zero-order valence-corrected chi connectivity index (χ0v) is 27.1. The first-order valence-electron chi connectivity index (χ1n) is 13.5. The monoisotopic (exact) mass is 700 g/mol. The zero-order chi connectivity index (χ0) is 30.0. The van der Waals surface area contributed by atoms with Gasteiger partial charge in [0.05, 0.1) is 25.5 Å². The molecule has 2 aromatic carbocycles. The lowest BCUT2D eigenvalue weighted by Crippen LogP contribution is -2.60. The molecular weight excluding hydrogens is 667 g/mol. The van der Waals surface area contributed by atoms with Crippen molar-refractivity contribution in [3.63, 3.8) is 0 Å². The van der Waals surface area contributed by atoms with Crippen LogP contribution >= 0.6 is 30.3 Å². The van der Waals surface area contributed by atoms with Crippen LogP contribution in [0.2, 0.25) is 0 Å². The normalized spacial score (nSPS) is 13.6. The Balaban J connectivity index is 1.40. The summed E-state index contributed by atoms with van der Waals surface area (Å²) in [6, 6.07) is 17.9. The van der Waals surface area contributed by atoms with Crippen LogP contribution in [0.1, 0.15) is 36.7 Å². The molecule has 0 spiro atoms. The number of aromatic nitrogens is 2. The van der Waals surface area contributed by atoms with Crippen LogP contribution in [0.5, 0.6) is 5.75 Å². The minimum atomic E-state index is -0.501. The van der Waals surface area contributed by atoms with Gasteiger partial charge < -0.3 is 24.4 Å². The number of esters is 1. The van der Waals surface area contributed by atoms with E-state index in [1.807, 2.05) is 45.0 Å². The molecule has 0 atom stereocenters. The third kappa shape index (κ3) is 6.37. The molecule has 0 saturated carbocycles. The van der Waals surface area contributed by atoms with Crippen LogP contribution in [0.15, 0.2) is 60.8 Å². The first-order valence-corrected chi connectivity index (χ1v) is 16.8. The van der Waals surface area contributed by atoms with E-state index in [0.29, 0.717) is 25.2 Å². The Hall–Kier alpha value is -3.29. The number of methoxy groups -OCH3 is 2. The minimum Gasteiger partial charge on any atom is -0.496 e. The van der Waals surface area contributed by atoms with Gasteiger partial charge in [0, 0.05) is 73.1 Å². The molecule has 0 radical (unpaired) electrons. The number of fused-ring (bicyclic) bond motifs is 1. The van der Waals surface area contributed by atoms with Crippen molar-refractivity contribution in [3.05, 3.63) is 71.9 Å². The van der Waals surface area contributed by atoms with Crippen molar-refractivity contribution in [3.8, 4) is 28.1 Å². The molecular formula is C31H33IN4O5S. The van der Waals surface area contributed by atoms with Gasteiger partial charge in [0.2, 0.25) is 0 Å². The highest BCUT2D eigenvalue weighted by atomic mass is 127. The molecule has 1 saturated heterocycles. The number of nitrogens with zero attached hydrogens (tertiary/aromatic N) is 3. The number of amides is 1. The molecule has 9 nitrogen and oxygen atoms in total. The summed E-state index contributed by atoms with van der Waals surface area (Å²) in [4.78, 5) is 30.6. The highest BCUT2D eigenvalue weighted by Crippen LogP contribution is 2.41. The summed E-state index contributed by atoms with van der Waals surface area (Å²) in [5, 5.41) is 4.54. The standard InChI is InChI=1S/C31H33IN4O5S/c1-31(2,3)41-30(38)35-17-22(18-35)34-16-19-6-11-27(39-4)25(14-19)26-15-24-23(12-13-33-28(24)36(26)42-32)20-7-9-21(10-8-20)29(37)40-5/h6-15,22,34H,16-18H2,1-5H3. The van der Waals surface area contributed by atoms with Crippen LogP contribution in [-0.4, -0.2) is 64.9 Å². The van der Waals surface area contributed by atoms with Crippen LogP contribution in [-0.2, 0) is 16.0 Å². The molecule has 220 valence electrons. The van der Waals surface area contributed by atoms with Gasteiger partial charge in [-0.15, -0.1) is 0 Å². The maximum atomic E-state index is 12.3. The van der Waals surface area contributed by atoms with E-state index < -0.39 is 5.60 Å². The fourth-order valence-corrected chi connectivity index (χ4v) is 6.53. The van der Waals surface area contributed by atoms with Gasteiger partial charge in [0.1, 0.15) is 11.4 Å². The number of hydrogen-bond acceptors (Lipinski definition) is 8. The average Bonchev–Trinajstić information content (AvgIpc) is 3.33. The lowest BCUT2D eigenvalue weighted by molar-refractivity contribution is 0.00517. The van der Waals surface area contributed by atoms with Crippen molar-refractivity contribution < 1.29 is 23.8 Å². The maximum absolute atomic E-state index is 12.3. The van der Waals surface area contributed by atoms with Crippen LogP contribution in [0.25, 0.3) is 33.4 Å². The summed E-state index contributed by atoms with van der Waals surface area (Å²) in [5.41, 5.74) is 5.84. The summed E-state index contributed by atoms with van der Waals surface area (Å²) in [7, 11) is 4.59. The fraction of sp³-hybridized carbons (Fsp3) is 0.323. The molecule has 4 aromatic rings. The van der Waals surface area contributed by atoms with E-state index in [4.69, 9.17) is 19.2 Å². The molecule has 1 N–H and O–H groups in total. The van der Waals surface area contributed by atoms with Crippen LogP contribution in [0.4, 0.5) is 4.79 Å². The Morgan fingerprint density at radius 2 is 1.79 bits per heavy atom. The topological polar surface area (TPSA) is 94.9 Å².